The van der Waals surface area contributed by atoms with E-state index in [0.717, 1.165) is 32.5 Å². The van der Waals surface area contributed by atoms with Crippen LogP contribution < -0.4 is 9.80 Å². The summed E-state index contributed by atoms with van der Waals surface area (Å²) in [5.74, 6) is -0.0961. The SMILES string of the molecule is CC1CN(C)c2ccccc2N(CCCCC(=O)O)C1. The highest BCUT2D eigenvalue weighted by atomic mass is 16.4. The van der Waals surface area contributed by atoms with Crippen LogP contribution in [0.2, 0.25) is 0 Å². The van der Waals surface area contributed by atoms with Gasteiger partial charge in [0.05, 0.1) is 11.4 Å². The second-order valence-corrected chi connectivity index (χ2v) is 5.77. The van der Waals surface area contributed by atoms with Gasteiger partial charge >= 0.3 is 5.97 Å². The largest absolute Gasteiger partial charge is 0.481 e. The molecule has 0 aromatic heterocycles. The smallest absolute Gasteiger partial charge is 0.303 e. The Morgan fingerprint density at radius 3 is 2.65 bits per heavy atom. The number of carbonyl (C=O) groups is 1. The van der Waals surface area contributed by atoms with Gasteiger partial charge in [0.25, 0.3) is 0 Å². The Morgan fingerprint density at radius 1 is 1.25 bits per heavy atom. The van der Waals surface area contributed by atoms with E-state index < -0.39 is 5.97 Å². The lowest BCUT2D eigenvalue weighted by Gasteiger charge is -2.26. The van der Waals surface area contributed by atoms with Crippen molar-refractivity contribution < 1.29 is 9.90 Å². The van der Waals surface area contributed by atoms with Gasteiger partial charge in [0, 0.05) is 33.1 Å². The number of rotatable bonds is 5. The second kappa shape index (κ2) is 6.64. The van der Waals surface area contributed by atoms with Gasteiger partial charge < -0.3 is 14.9 Å². The molecule has 0 amide bonds. The van der Waals surface area contributed by atoms with E-state index in [-0.39, 0.29) is 6.42 Å². The first kappa shape index (κ1) is 14.7. The van der Waals surface area contributed by atoms with Gasteiger partial charge in [0.15, 0.2) is 0 Å². The van der Waals surface area contributed by atoms with Crippen molar-refractivity contribution in [3.63, 3.8) is 0 Å². The number of carboxylic acids is 1. The van der Waals surface area contributed by atoms with Gasteiger partial charge in [0.1, 0.15) is 0 Å². The molecular weight excluding hydrogens is 252 g/mol. The fourth-order valence-corrected chi connectivity index (χ4v) is 2.94. The number of anilines is 2. The average molecular weight is 276 g/mol. The molecule has 0 fully saturated rings. The van der Waals surface area contributed by atoms with Crippen LogP contribution in [0.5, 0.6) is 0 Å². The van der Waals surface area contributed by atoms with E-state index in [0.29, 0.717) is 5.92 Å². The highest BCUT2D eigenvalue weighted by Crippen LogP contribution is 2.32. The quantitative estimate of drug-likeness (QED) is 0.840. The van der Waals surface area contributed by atoms with Crippen LogP contribution in [0, 0.1) is 5.92 Å². The molecule has 1 atom stereocenters. The Hall–Kier alpha value is -1.71. The van der Waals surface area contributed by atoms with E-state index >= 15 is 0 Å². The van der Waals surface area contributed by atoms with Crippen LogP contribution in [0.15, 0.2) is 24.3 Å². The van der Waals surface area contributed by atoms with Crippen LogP contribution in [-0.4, -0.2) is 37.8 Å². The summed E-state index contributed by atoms with van der Waals surface area (Å²) in [6, 6.07) is 8.49. The predicted octanol–water partition coefficient (Wildman–Crippen LogP) is 2.83. The van der Waals surface area contributed by atoms with Crippen LogP contribution in [0.25, 0.3) is 0 Å². The maximum Gasteiger partial charge on any atom is 0.303 e. The van der Waals surface area contributed by atoms with Gasteiger partial charge in [-0.1, -0.05) is 19.1 Å². The van der Waals surface area contributed by atoms with Crippen molar-refractivity contribution in [3.8, 4) is 0 Å². The number of para-hydroxylation sites is 2. The Balaban J connectivity index is 2.06. The molecule has 0 saturated heterocycles. The van der Waals surface area contributed by atoms with Crippen LogP contribution in [0.1, 0.15) is 26.2 Å². The molecule has 0 saturated carbocycles. The van der Waals surface area contributed by atoms with E-state index in [9.17, 15) is 4.79 Å². The Labute approximate surface area is 121 Å². The second-order valence-electron chi connectivity index (χ2n) is 5.77. The summed E-state index contributed by atoms with van der Waals surface area (Å²) in [7, 11) is 2.14. The normalized spacial score (nSPS) is 18.6. The molecular formula is C16H24N2O2. The molecule has 4 nitrogen and oxygen atoms in total. The summed E-state index contributed by atoms with van der Waals surface area (Å²) in [6.07, 6.45) is 1.94. The molecule has 0 radical (unpaired) electrons. The van der Waals surface area contributed by atoms with Crippen molar-refractivity contribution in [1.82, 2.24) is 0 Å². The third kappa shape index (κ3) is 3.65. The van der Waals surface area contributed by atoms with Gasteiger partial charge in [-0.05, 0) is 30.9 Å². The van der Waals surface area contributed by atoms with Crippen molar-refractivity contribution in [2.75, 3.05) is 36.5 Å². The third-order valence-corrected chi connectivity index (χ3v) is 3.82. The molecule has 0 bridgehead atoms. The first-order chi connectivity index (χ1) is 9.58. The average Bonchev–Trinajstić information content (AvgIpc) is 2.52. The van der Waals surface area contributed by atoms with Crippen LogP contribution in [0.4, 0.5) is 11.4 Å². The van der Waals surface area contributed by atoms with Crippen LogP contribution >= 0.6 is 0 Å². The number of aliphatic carboxylic acids is 1. The number of nitrogens with zero attached hydrogens (tertiary/aromatic N) is 2. The lowest BCUT2D eigenvalue weighted by atomic mass is 10.1. The summed E-state index contributed by atoms with van der Waals surface area (Å²) in [5.41, 5.74) is 2.55. The number of carboxylic acid groups (broad SMARTS) is 1. The molecule has 1 aromatic rings. The third-order valence-electron chi connectivity index (χ3n) is 3.82. The Bertz CT molecular complexity index is 462. The highest BCUT2D eigenvalue weighted by Gasteiger charge is 2.21. The Kier molecular flexibility index (Phi) is 4.88. The maximum absolute atomic E-state index is 10.6. The first-order valence-electron chi connectivity index (χ1n) is 7.35. The topological polar surface area (TPSA) is 43.8 Å². The van der Waals surface area contributed by atoms with E-state index in [1.54, 1.807) is 0 Å². The van der Waals surface area contributed by atoms with Gasteiger partial charge in [-0.3, -0.25) is 4.79 Å². The van der Waals surface area contributed by atoms with Crippen LogP contribution in [0.3, 0.4) is 0 Å². The van der Waals surface area contributed by atoms with E-state index in [1.807, 2.05) is 0 Å². The lowest BCUT2D eigenvalue weighted by molar-refractivity contribution is -0.137. The maximum atomic E-state index is 10.6. The monoisotopic (exact) mass is 276 g/mol. The van der Waals surface area contributed by atoms with Gasteiger partial charge in [0.2, 0.25) is 0 Å². The molecule has 4 heteroatoms. The van der Waals surface area contributed by atoms with E-state index in [1.165, 1.54) is 11.4 Å². The van der Waals surface area contributed by atoms with Crippen molar-refractivity contribution in [2.45, 2.75) is 26.2 Å². The van der Waals surface area contributed by atoms with Crippen molar-refractivity contribution in [3.05, 3.63) is 24.3 Å². The van der Waals surface area contributed by atoms with Crippen molar-refractivity contribution in [1.29, 1.82) is 0 Å². The molecule has 1 aromatic carbocycles. The minimum Gasteiger partial charge on any atom is -0.481 e. The molecule has 1 heterocycles. The number of unbranched alkanes of at least 4 members (excludes halogenated alkanes) is 1. The molecule has 1 aliphatic heterocycles. The zero-order valence-corrected chi connectivity index (χ0v) is 12.4. The van der Waals surface area contributed by atoms with Gasteiger partial charge in [-0.15, -0.1) is 0 Å². The highest BCUT2D eigenvalue weighted by molar-refractivity contribution is 5.72. The zero-order valence-electron chi connectivity index (χ0n) is 12.4. The van der Waals surface area contributed by atoms with E-state index in [4.69, 9.17) is 5.11 Å². The summed E-state index contributed by atoms with van der Waals surface area (Å²) in [5, 5.41) is 8.71. The molecule has 1 unspecified atom stereocenters. The van der Waals surface area contributed by atoms with Crippen molar-refractivity contribution in [2.24, 2.45) is 5.92 Å². The molecule has 0 spiro atoms. The fourth-order valence-electron chi connectivity index (χ4n) is 2.94. The zero-order chi connectivity index (χ0) is 14.5. The predicted molar refractivity (Wildman–Crippen MR) is 82.6 cm³/mol. The summed E-state index contributed by atoms with van der Waals surface area (Å²) in [6.45, 7) is 5.30. The van der Waals surface area contributed by atoms with Crippen molar-refractivity contribution >= 4 is 17.3 Å². The van der Waals surface area contributed by atoms with Gasteiger partial charge in [-0.25, -0.2) is 0 Å². The van der Waals surface area contributed by atoms with E-state index in [2.05, 4.69) is 48.0 Å². The minimum absolute atomic E-state index is 0.269. The molecule has 0 aliphatic carbocycles. The number of hydrogen-bond donors (Lipinski definition) is 1. The Morgan fingerprint density at radius 2 is 1.95 bits per heavy atom. The molecule has 2 rings (SSSR count). The lowest BCUT2D eigenvalue weighted by Crippen LogP contribution is -2.30. The van der Waals surface area contributed by atoms with Gasteiger partial charge in [-0.2, -0.15) is 0 Å². The molecule has 20 heavy (non-hydrogen) atoms. The molecule has 1 N–H and O–H groups in total. The fraction of sp³-hybridized carbons (Fsp3) is 0.562. The first-order valence-corrected chi connectivity index (χ1v) is 7.35. The summed E-state index contributed by atoms with van der Waals surface area (Å²) >= 11 is 0. The van der Waals surface area contributed by atoms with Crippen LogP contribution in [-0.2, 0) is 4.79 Å². The molecule has 1 aliphatic rings. The molecule has 110 valence electrons. The standard InChI is InChI=1S/C16H24N2O2/c1-13-11-17(2)14-7-3-4-8-15(14)18(12-13)10-6-5-9-16(19)20/h3-4,7-8,13H,5-6,9-12H2,1-2H3,(H,19,20). The number of fused-ring (bicyclic) bond motifs is 1. The number of hydrogen-bond acceptors (Lipinski definition) is 3. The number of benzene rings is 1. The summed E-state index contributed by atoms with van der Waals surface area (Å²) < 4.78 is 0. The minimum atomic E-state index is -0.700. The summed E-state index contributed by atoms with van der Waals surface area (Å²) in [4.78, 5) is 15.3.